The number of nitrogens with zero attached hydrogens (tertiary/aromatic N) is 2. The fourth-order valence-corrected chi connectivity index (χ4v) is 2.21. The quantitative estimate of drug-likeness (QED) is 0.727. The molecule has 0 spiro atoms. The van der Waals surface area contributed by atoms with Crippen LogP contribution in [-0.2, 0) is 16.0 Å². The van der Waals surface area contributed by atoms with Gasteiger partial charge in [-0.25, -0.2) is 4.98 Å². The number of anilines is 2. The summed E-state index contributed by atoms with van der Waals surface area (Å²) in [5, 5.41) is 6.47. The number of methoxy groups -OCH3 is 1. The van der Waals surface area contributed by atoms with Gasteiger partial charge >= 0.3 is 0 Å². The molecule has 0 aliphatic carbocycles. The number of nitrogens with one attached hydrogen (secondary N) is 2. The molecule has 1 fully saturated rings. The van der Waals surface area contributed by atoms with E-state index in [1.165, 1.54) is 5.56 Å². The second-order valence-corrected chi connectivity index (χ2v) is 4.78. The highest BCUT2D eigenvalue weighted by Crippen LogP contribution is 2.20. The molecule has 112 valence electrons. The van der Waals surface area contributed by atoms with Crippen molar-refractivity contribution in [3.63, 3.8) is 0 Å². The van der Waals surface area contributed by atoms with Gasteiger partial charge in [0.05, 0.1) is 31.7 Å². The van der Waals surface area contributed by atoms with Crippen molar-refractivity contribution >= 4 is 11.5 Å². The minimum absolute atomic E-state index is 0.685. The molecule has 0 saturated carbocycles. The first kappa shape index (κ1) is 15.0. The van der Waals surface area contributed by atoms with Crippen molar-refractivity contribution in [2.45, 2.75) is 6.54 Å². The lowest BCUT2D eigenvalue weighted by atomic mass is 10.2. The predicted molar refractivity (Wildman–Crippen MR) is 80.2 cm³/mol. The highest BCUT2D eigenvalue weighted by atomic mass is 16.5. The summed E-state index contributed by atoms with van der Waals surface area (Å²) in [6.07, 6.45) is 1.89. The lowest BCUT2D eigenvalue weighted by Gasteiger charge is -2.27. The third-order valence-corrected chi connectivity index (χ3v) is 3.37. The number of hydrogen-bond acceptors (Lipinski definition) is 6. The molecule has 6 heteroatoms. The molecule has 20 heavy (non-hydrogen) atoms. The second kappa shape index (κ2) is 8.04. The van der Waals surface area contributed by atoms with E-state index in [0.717, 1.165) is 50.9 Å². The van der Waals surface area contributed by atoms with E-state index in [1.54, 1.807) is 7.11 Å². The van der Waals surface area contributed by atoms with Crippen LogP contribution in [0, 0.1) is 0 Å². The molecule has 0 bridgehead atoms. The lowest BCUT2D eigenvalue weighted by Crippen LogP contribution is -2.35. The Bertz CT molecular complexity index is 408. The van der Waals surface area contributed by atoms with Crippen LogP contribution in [0.15, 0.2) is 12.3 Å². The summed E-state index contributed by atoms with van der Waals surface area (Å²) in [6.45, 7) is 5.98. The van der Waals surface area contributed by atoms with Gasteiger partial charge in [0, 0.05) is 40.3 Å². The highest BCUT2D eigenvalue weighted by molar-refractivity contribution is 5.54. The summed E-state index contributed by atoms with van der Waals surface area (Å²) < 4.78 is 10.5. The number of rotatable bonds is 7. The average Bonchev–Trinajstić information content (AvgIpc) is 2.50. The monoisotopic (exact) mass is 280 g/mol. The van der Waals surface area contributed by atoms with Crippen LogP contribution < -0.4 is 10.6 Å². The Morgan fingerprint density at radius 3 is 2.90 bits per heavy atom. The van der Waals surface area contributed by atoms with E-state index in [9.17, 15) is 0 Å². The zero-order chi connectivity index (χ0) is 14.2. The van der Waals surface area contributed by atoms with Gasteiger partial charge in [-0.05, 0) is 11.6 Å². The molecule has 1 saturated heterocycles. The molecule has 2 heterocycles. The number of morpholine rings is 1. The normalized spacial score (nSPS) is 16.1. The van der Waals surface area contributed by atoms with Crippen LogP contribution in [0.4, 0.5) is 11.5 Å². The molecular weight excluding hydrogens is 256 g/mol. The fourth-order valence-electron chi connectivity index (χ4n) is 2.21. The topological polar surface area (TPSA) is 58.7 Å². The molecular formula is C14H24N4O2. The van der Waals surface area contributed by atoms with Gasteiger partial charge in [-0.1, -0.05) is 0 Å². The van der Waals surface area contributed by atoms with Crippen LogP contribution in [0.5, 0.6) is 0 Å². The van der Waals surface area contributed by atoms with E-state index in [4.69, 9.17) is 9.47 Å². The van der Waals surface area contributed by atoms with E-state index in [-0.39, 0.29) is 0 Å². The Labute approximate surface area is 120 Å². The summed E-state index contributed by atoms with van der Waals surface area (Å²) in [5.41, 5.74) is 2.33. The highest BCUT2D eigenvalue weighted by Gasteiger charge is 2.13. The summed E-state index contributed by atoms with van der Waals surface area (Å²) in [5.74, 6) is 0.894. The van der Waals surface area contributed by atoms with Crippen LogP contribution in [0.2, 0.25) is 0 Å². The molecule has 1 aromatic heterocycles. The molecule has 0 aromatic carbocycles. The first-order valence-electron chi connectivity index (χ1n) is 7.03. The number of hydrogen-bond donors (Lipinski definition) is 2. The van der Waals surface area contributed by atoms with Gasteiger partial charge in [0.1, 0.15) is 5.82 Å². The Balaban J connectivity index is 2.05. The standard InChI is InChI=1S/C14H24N4O2/c1-15-14-9-12(11-18-4-7-20-8-5-18)13(10-17-14)16-3-6-19-2/h9-10,16H,3-8,11H2,1-2H3,(H,15,17). The van der Waals surface area contributed by atoms with Gasteiger partial charge in [-0.2, -0.15) is 0 Å². The molecule has 0 atom stereocenters. The maximum atomic E-state index is 5.39. The van der Waals surface area contributed by atoms with Gasteiger partial charge in [0.25, 0.3) is 0 Å². The molecule has 1 aromatic rings. The SMILES string of the molecule is CNc1cc(CN2CCOCC2)c(NCCOC)cn1. The zero-order valence-corrected chi connectivity index (χ0v) is 12.3. The van der Waals surface area contributed by atoms with E-state index in [0.29, 0.717) is 6.61 Å². The van der Waals surface area contributed by atoms with Crippen molar-refractivity contribution in [1.29, 1.82) is 0 Å². The van der Waals surface area contributed by atoms with Crippen molar-refractivity contribution in [1.82, 2.24) is 9.88 Å². The van der Waals surface area contributed by atoms with Crippen LogP contribution in [-0.4, -0.2) is 63.5 Å². The first-order chi connectivity index (χ1) is 9.83. The Morgan fingerprint density at radius 1 is 1.40 bits per heavy atom. The maximum absolute atomic E-state index is 5.39. The van der Waals surface area contributed by atoms with Crippen molar-refractivity contribution in [2.24, 2.45) is 0 Å². The first-order valence-corrected chi connectivity index (χ1v) is 7.03. The predicted octanol–water partition coefficient (Wildman–Crippen LogP) is 1.01. The van der Waals surface area contributed by atoms with Crippen molar-refractivity contribution in [3.8, 4) is 0 Å². The van der Waals surface area contributed by atoms with E-state index in [1.807, 2.05) is 13.2 Å². The summed E-state index contributed by atoms with van der Waals surface area (Å²) in [4.78, 5) is 6.77. The fraction of sp³-hybridized carbons (Fsp3) is 0.643. The summed E-state index contributed by atoms with van der Waals surface area (Å²) in [6, 6.07) is 2.10. The van der Waals surface area contributed by atoms with Crippen molar-refractivity contribution < 1.29 is 9.47 Å². The Hall–Kier alpha value is -1.37. The van der Waals surface area contributed by atoms with Crippen LogP contribution in [0.25, 0.3) is 0 Å². The molecule has 0 unspecified atom stereocenters. The lowest BCUT2D eigenvalue weighted by molar-refractivity contribution is 0.0342. The largest absolute Gasteiger partial charge is 0.383 e. The van der Waals surface area contributed by atoms with Crippen molar-refractivity contribution in [2.75, 3.05) is 64.2 Å². The van der Waals surface area contributed by atoms with Crippen LogP contribution in [0.3, 0.4) is 0 Å². The van der Waals surface area contributed by atoms with Gasteiger partial charge in [0.2, 0.25) is 0 Å². The summed E-state index contributed by atoms with van der Waals surface area (Å²) >= 11 is 0. The van der Waals surface area contributed by atoms with Gasteiger partial charge in [0.15, 0.2) is 0 Å². The number of ether oxygens (including phenoxy) is 2. The van der Waals surface area contributed by atoms with Crippen molar-refractivity contribution in [3.05, 3.63) is 17.8 Å². The zero-order valence-electron chi connectivity index (χ0n) is 12.3. The molecule has 6 nitrogen and oxygen atoms in total. The molecule has 2 N–H and O–H groups in total. The molecule has 1 aliphatic heterocycles. The third-order valence-electron chi connectivity index (χ3n) is 3.37. The molecule has 0 radical (unpaired) electrons. The molecule has 0 amide bonds. The Morgan fingerprint density at radius 2 is 2.20 bits per heavy atom. The van der Waals surface area contributed by atoms with Crippen LogP contribution >= 0.6 is 0 Å². The smallest absolute Gasteiger partial charge is 0.126 e. The minimum atomic E-state index is 0.685. The van der Waals surface area contributed by atoms with E-state index >= 15 is 0 Å². The van der Waals surface area contributed by atoms with Crippen LogP contribution in [0.1, 0.15) is 5.56 Å². The van der Waals surface area contributed by atoms with Gasteiger partial charge < -0.3 is 20.1 Å². The number of aromatic nitrogens is 1. The molecule has 1 aliphatic rings. The van der Waals surface area contributed by atoms with Gasteiger partial charge in [-0.15, -0.1) is 0 Å². The molecule has 2 rings (SSSR count). The third kappa shape index (κ3) is 4.33. The number of pyridine rings is 1. The average molecular weight is 280 g/mol. The Kier molecular flexibility index (Phi) is 6.04. The van der Waals surface area contributed by atoms with E-state index in [2.05, 4.69) is 26.6 Å². The van der Waals surface area contributed by atoms with Gasteiger partial charge in [-0.3, -0.25) is 4.90 Å². The summed E-state index contributed by atoms with van der Waals surface area (Å²) in [7, 11) is 3.59. The minimum Gasteiger partial charge on any atom is -0.383 e. The van der Waals surface area contributed by atoms with E-state index < -0.39 is 0 Å². The maximum Gasteiger partial charge on any atom is 0.126 e. The second-order valence-electron chi connectivity index (χ2n) is 4.78.